The van der Waals surface area contributed by atoms with E-state index in [4.69, 9.17) is 30.5 Å². The Bertz CT molecular complexity index is 1130. The zero-order valence-corrected chi connectivity index (χ0v) is 25.3. The van der Waals surface area contributed by atoms with Gasteiger partial charge in [-0.25, -0.2) is 0 Å². The molecule has 214 valence electrons. The summed E-state index contributed by atoms with van der Waals surface area (Å²) in [5, 5.41) is 0.799. The van der Waals surface area contributed by atoms with Crippen LogP contribution in [-0.4, -0.2) is 30.6 Å². The highest BCUT2D eigenvalue weighted by Crippen LogP contribution is 2.72. The second-order valence-electron chi connectivity index (χ2n) is 14.8. The van der Waals surface area contributed by atoms with Crippen molar-refractivity contribution in [3.63, 3.8) is 0 Å². The summed E-state index contributed by atoms with van der Waals surface area (Å²) in [6.45, 7) is 12.9. The lowest BCUT2D eigenvalue weighted by molar-refractivity contribution is -0.404. The summed E-state index contributed by atoms with van der Waals surface area (Å²) < 4.78 is 26.2. The number of rotatable bonds is 3. The Morgan fingerprint density at radius 1 is 0.846 bits per heavy atom. The van der Waals surface area contributed by atoms with E-state index in [1.807, 2.05) is 26.0 Å². The number of benzene rings is 1. The third-order valence-corrected chi connectivity index (χ3v) is 12.8. The summed E-state index contributed by atoms with van der Waals surface area (Å²) in [7, 11) is 0. The first-order valence-electron chi connectivity index (χ1n) is 15.6. The topological polar surface area (TPSA) is 36.9 Å². The van der Waals surface area contributed by atoms with Crippen LogP contribution >= 0.6 is 11.6 Å². The molecular formula is C34H47ClO4. The highest BCUT2D eigenvalue weighted by molar-refractivity contribution is 6.30. The summed E-state index contributed by atoms with van der Waals surface area (Å²) in [5.41, 5.74) is 1.85. The third kappa shape index (κ3) is 3.98. The van der Waals surface area contributed by atoms with Gasteiger partial charge in [0.05, 0.1) is 13.2 Å². The van der Waals surface area contributed by atoms with Crippen molar-refractivity contribution in [1.82, 2.24) is 0 Å². The molecule has 0 radical (unpaired) electrons. The molecule has 0 spiro atoms. The number of hydrogen-bond acceptors (Lipinski definition) is 4. The molecule has 7 rings (SSSR count). The van der Waals surface area contributed by atoms with E-state index in [0.29, 0.717) is 30.5 Å². The Morgan fingerprint density at radius 2 is 1.54 bits per heavy atom. The van der Waals surface area contributed by atoms with Gasteiger partial charge >= 0.3 is 0 Å². The van der Waals surface area contributed by atoms with Crippen LogP contribution in [-0.2, 0) is 18.9 Å². The SMILES string of the molecule is C[C@H](/C=C/c1ccc(Cl)cc1)[C@H]1CC[C@H]2[C@@H]3CC[C@H]4C[C@@]56OCCO[C@]5(C[C@]4(C)[C@H]3CC[C@]12C)OC(C)(C)O6. The zero-order valence-electron chi connectivity index (χ0n) is 24.5. The zero-order chi connectivity index (χ0) is 27.3. The molecule has 0 N–H and O–H groups in total. The largest absolute Gasteiger partial charge is 0.343 e. The number of fused-ring (bicyclic) bond motifs is 5. The third-order valence-electron chi connectivity index (χ3n) is 12.5. The molecular weight excluding hydrogens is 508 g/mol. The number of allylic oxidation sites excluding steroid dienone is 1. The minimum atomic E-state index is -0.776. The summed E-state index contributed by atoms with van der Waals surface area (Å²) in [6.07, 6.45) is 14.6. The van der Waals surface area contributed by atoms with Crippen LogP contribution in [0.1, 0.15) is 91.5 Å². The van der Waals surface area contributed by atoms with Gasteiger partial charge in [-0.05, 0) is 116 Å². The van der Waals surface area contributed by atoms with Gasteiger partial charge in [0.2, 0.25) is 11.6 Å². The van der Waals surface area contributed by atoms with Gasteiger partial charge < -0.3 is 18.9 Å². The first kappa shape index (κ1) is 27.0. The molecule has 4 aliphatic carbocycles. The molecule has 1 aromatic rings. The normalized spacial score (nSPS) is 49.0. The van der Waals surface area contributed by atoms with Crippen LogP contribution in [0.3, 0.4) is 0 Å². The van der Waals surface area contributed by atoms with E-state index in [-0.39, 0.29) is 5.41 Å². The molecule has 4 nitrogen and oxygen atoms in total. The average molecular weight is 555 g/mol. The molecule has 6 aliphatic rings. The van der Waals surface area contributed by atoms with E-state index in [1.165, 1.54) is 44.1 Å². The molecule has 5 heteroatoms. The van der Waals surface area contributed by atoms with E-state index in [9.17, 15) is 0 Å². The maximum absolute atomic E-state index is 6.67. The van der Waals surface area contributed by atoms with Crippen LogP contribution in [0, 0.1) is 46.3 Å². The lowest BCUT2D eigenvalue weighted by Gasteiger charge is -2.65. The van der Waals surface area contributed by atoms with E-state index >= 15 is 0 Å². The van der Waals surface area contributed by atoms with E-state index in [0.717, 1.165) is 41.5 Å². The fourth-order valence-electron chi connectivity index (χ4n) is 11.0. The molecule has 0 aromatic heterocycles. The van der Waals surface area contributed by atoms with Crippen molar-refractivity contribution >= 4 is 17.7 Å². The van der Waals surface area contributed by atoms with Crippen molar-refractivity contribution in [2.45, 2.75) is 103 Å². The standard InChI is InChI=1S/C34H47ClO4/c1-22(6-7-23-8-11-25(35)12-9-23)27-14-15-28-26-13-10-24-20-33-34(37-19-18-36-33,39-30(2,3)38-33)21-32(24,5)29(26)16-17-31(27,28)4/h6-9,11-12,22,24,26-29H,10,13-21H2,1-5H3/b7-6+/t22-,24+,26+,27-,28+,29+,31-,32+,33+,34-/m1/s1. The van der Waals surface area contributed by atoms with Crippen molar-refractivity contribution in [3.8, 4) is 0 Å². The Balaban J connectivity index is 1.13. The Hall–Kier alpha value is -0.910. The molecule has 2 aliphatic heterocycles. The predicted molar refractivity (Wildman–Crippen MR) is 154 cm³/mol. The van der Waals surface area contributed by atoms with Crippen molar-refractivity contribution in [3.05, 3.63) is 40.9 Å². The van der Waals surface area contributed by atoms with Gasteiger partial charge in [0.15, 0.2) is 5.79 Å². The fraction of sp³-hybridized carbons (Fsp3) is 0.765. The van der Waals surface area contributed by atoms with Gasteiger partial charge in [0.25, 0.3) is 0 Å². The predicted octanol–water partition coefficient (Wildman–Crippen LogP) is 8.48. The molecule has 39 heavy (non-hydrogen) atoms. The fourth-order valence-corrected chi connectivity index (χ4v) is 11.1. The maximum atomic E-state index is 6.67. The van der Waals surface area contributed by atoms with Crippen molar-refractivity contribution in [1.29, 1.82) is 0 Å². The van der Waals surface area contributed by atoms with Gasteiger partial charge in [0, 0.05) is 17.9 Å². The summed E-state index contributed by atoms with van der Waals surface area (Å²) in [6, 6.07) is 8.21. The molecule has 1 aromatic carbocycles. The van der Waals surface area contributed by atoms with Gasteiger partial charge in [-0.2, -0.15) is 0 Å². The second kappa shape index (κ2) is 9.04. The molecule has 4 saturated carbocycles. The summed E-state index contributed by atoms with van der Waals surface area (Å²) in [5.74, 6) is 2.03. The quantitative estimate of drug-likeness (QED) is 0.375. The van der Waals surface area contributed by atoms with Gasteiger partial charge in [-0.3, -0.25) is 0 Å². The van der Waals surface area contributed by atoms with Crippen molar-refractivity contribution < 1.29 is 18.9 Å². The van der Waals surface area contributed by atoms with Crippen LogP contribution in [0.15, 0.2) is 30.3 Å². The van der Waals surface area contributed by atoms with Crippen molar-refractivity contribution in [2.24, 2.45) is 46.3 Å². The number of ether oxygens (including phenoxy) is 4. The molecule has 2 heterocycles. The molecule has 0 bridgehead atoms. The number of halogens is 1. The molecule has 0 amide bonds. The van der Waals surface area contributed by atoms with Crippen LogP contribution in [0.5, 0.6) is 0 Å². The highest BCUT2D eigenvalue weighted by Gasteiger charge is 2.75. The van der Waals surface area contributed by atoms with Crippen LogP contribution in [0.4, 0.5) is 0 Å². The summed E-state index contributed by atoms with van der Waals surface area (Å²) >= 11 is 6.10. The van der Waals surface area contributed by atoms with Gasteiger partial charge in [-0.1, -0.05) is 56.7 Å². The van der Waals surface area contributed by atoms with E-state index < -0.39 is 17.4 Å². The molecule has 10 atom stereocenters. The first-order chi connectivity index (χ1) is 18.5. The minimum Gasteiger partial charge on any atom is -0.343 e. The minimum absolute atomic E-state index is 0.191. The average Bonchev–Trinajstić information content (AvgIpc) is 3.35. The lowest BCUT2D eigenvalue weighted by atomic mass is 9.43. The van der Waals surface area contributed by atoms with E-state index in [1.54, 1.807) is 0 Å². The van der Waals surface area contributed by atoms with E-state index in [2.05, 4.69) is 45.1 Å². The van der Waals surface area contributed by atoms with Crippen molar-refractivity contribution in [2.75, 3.05) is 13.2 Å². The van der Waals surface area contributed by atoms with Crippen LogP contribution < -0.4 is 0 Å². The smallest absolute Gasteiger partial charge is 0.226 e. The van der Waals surface area contributed by atoms with Gasteiger partial charge in [-0.15, -0.1) is 0 Å². The monoisotopic (exact) mass is 554 g/mol. The second-order valence-corrected chi connectivity index (χ2v) is 15.3. The van der Waals surface area contributed by atoms with Crippen LogP contribution in [0.2, 0.25) is 5.02 Å². The Morgan fingerprint density at radius 3 is 2.31 bits per heavy atom. The molecule has 0 unspecified atom stereocenters. The van der Waals surface area contributed by atoms with Gasteiger partial charge in [0.1, 0.15) is 0 Å². The summed E-state index contributed by atoms with van der Waals surface area (Å²) in [4.78, 5) is 0. The maximum Gasteiger partial charge on any atom is 0.226 e. The number of hydrogen-bond donors (Lipinski definition) is 0. The Labute approximate surface area is 240 Å². The molecule has 6 fully saturated rings. The Kier molecular flexibility index (Phi) is 6.25. The lowest BCUT2D eigenvalue weighted by Crippen LogP contribution is -2.68. The molecule has 2 saturated heterocycles. The van der Waals surface area contributed by atoms with Crippen LogP contribution in [0.25, 0.3) is 6.08 Å². The first-order valence-corrected chi connectivity index (χ1v) is 16.0. The highest BCUT2D eigenvalue weighted by atomic mass is 35.5.